The van der Waals surface area contributed by atoms with Crippen molar-refractivity contribution in [2.24, 2.45) is 0 Å². The van der Waals surface area contributed by atoms with Gasteiger partial charge in [-0.2, -0.15) is 0 Å². The van der Waals surface area contributed by atoms with Crippen LogP contribution in [0.2, 0.25) is 5.02 Å². The van der Waals surface area contributed by atoms with Crippen LogP contribution in [0.25, 0.3) is 11.4 Å². The molecule has 82 valence electrons. The molecule has 0 atom stereocenters. The predicted molar refractivity (Wildman–Crippen MR) is 60.0 cm³/mol. The number of nitrogens with one attached hydrogen (secondary N) is 1. The third kappa shape index (κ3) is 1.84. The Labute approximate surface area is 95.9 Å². The minimum absolute atomic E-state index is 0.0279. The van der Waals surface area contributed by atoms with Gasteiger partial charge in [0.15, 0.2) is 0 Å². The molecule has 2 aromatic rings. The number of hydrogen-bond acceptors (Lipinski definition) is 2. The SMILES string of the molecule is Cc1nc(-c2ccccc2F)[nH]c(=O)c1Cl. The van der Waals surface area contributed by atoms with Gasteiger partial charge in [-0.25, -0.2) is 9.37 Å². The number of benzene rings is 1. The van der Waals surface area contributed by atoms with E-state index < -0.39 is 11.4 Å². The molecule has 5 heteroatoms. The van der Waals surface area contributed by atoms with E-state index in [-0.39, 0.29) is 16.4 Å². The number of rotatable bonds is 1. The molecule has 0 aliphatic heterocycles. The van der Waals surface area contributed by atoms with Gasteiger partial charge in [0, 0.05) is 0 Å². The Hall–Kier alpha value is -1.68. The summed E-state index contributed by atoms with van der Waals surface area (Å²) in [5.41, 5.74) is 0.162. The molecular weight excluding hydrogens is 231 g/mol. The van der Waals surface area contributed by atoms with Crippen LogP contribution in [0.3, 0.4) is 0 Å². The maximum Gasteiger partial charge on any atom is 0.270 e. The summed E-state index contributed by atoms with van der Waals surface area (Å²) >= 11 is 5.68. The second kappa shape index (κ2) is 4.06. The van der Waals surface area contributed by atoms with E-state index in [1.54, 1.807) is 25.1 Å². The van der Waals surface area contributed by atoms with Gasteiger partial charge in [0.1, 0.15) is 16.7 Å². The summed E-state index contributed by atoms with van der Waals surface area (Å²) in [5, 5.41) is 0.0279. The van der Waals surface area contributed by atoms with Crippen molar-refractivity contribution in [2.45, 2.75) is 6.92 Å². The molecule has 16 heavy (non-hydrogen) atoms. The van der Waals surface area contributed by atoms with Gasteiger partial charge in [0.2, 0.25) is 0 Å². The number of hydrogen-bond donors (Lipinski definition) is 1. The Morgan fingerprint density at radius 1 is 1.38 bits per heavy atom. The van der Waals surface area contributed by atoms with Crippen LogP contribution in [0.1, 0.15) is 5.69 Å². The van der Waals surface area contributed by atoms with Crippen LogP contribution in [0.15, 0.2) is 29.1 Å². The van der Waals surface area contributed by atoms with Gasteiger partial charge in [-0.15, -0.1) is 0 Å². The van der Waals surface area contributed by atoms with Crippen molar-refractivity contribution in [3.05, 3.63) is 51.2 Å². The third-order valence-electron chi connectivity index (χ3n) is 2.16. The molecule has 0 aliphatic rings. The van der Waals surface area contributed by atoms with Crippen molar-refractivity contribution >= 4 is 11.6 Å². The van der Waals surface area contributed by atoms with E-state index in [9.17, 15) is 9.18 Å². The van der Waals surface area contributed by atoms with Crippen LogP contribution < -0.4 is 5.56 Å². The molecular formula is C11H8ClFN2O. The molecule has 0 unspecified atom stereocenters. The number of aromatic amines is 1. The summed E-state index contributed by atoms with van der Waals surface area (Å²) in [6.07, 6.45) is 0. The number of aromatic nitrogens is 2. The molecule has 3 nitrogen and oxygen atoms in total. The summed E-state index contributed by atoms with van der Waals surface area (Å²) in [6, 6.07) is 6.09. The molecule has 0 radical (unpaired) electrons. The number of aryl methyl sites for hydroxylation is 1. The third-order valence-corrected chi connectivity index (χ3v) is 2.60. The highest BCUT2D eigenvalue weighted by atomic mass is 35.5. The summed E-state index contributed by atoms with van der Waals surface area (Å²) in [5.74, 6) is -0.252. The lowest BCUT2D eigenvalue weighted by Gasteiger charge is -2.04. The smallest absolute Gasteiger partial charge is 0.270 e. The van der Waals surface area contributed by atoms with Gasteiger partial charge in [-0.3, -0.25) is 4.79 Å². The Balaban J connectivity index is 2.67. The van der Waals surface area contributed by atoms with Gasteiger partial charge in [-0.1, -0.05) is 23.7 Å². The summed E-state index contributed by atoms with van der Waals surface area (Å²) < 4.78 is 13.4. The van der Waals surface area contributed by atoms with Crippen molar-refractivity contribution in [3.63, 3.8) is 0 Å². The molecule has 0 saturated heterocycles. The molecule has 0 aliphatic carbocycles. The number of halogens is 2. The topological polar surface area (TPSA) is 45.8 Å². The second-order valence-electron chi connectivity index (χ2n) is 3.29. The van der Waals surface area contributed by atoms with Gasteiger partial charge in [0.25, 0.3) is 5.56 Å². The second-order valence-corrected chi connectivity index (χ2v) is 3.67. The lowest BCUT2D eigenvalue weighted by Crippen LogP contribution is -2.11. The van der Waals surface area contributed by atoms with Crippen molar-refractivity contribution in [1.29, 1.82) is 0 Å². The molecule has 0 saturated carbocycles. The Morgan fingerprint density at radius 3 is 2.69 bits per heavy atom. The summed E-state index contributed by atoms with van der Waals surface area (Å²) in [6.45, 7) is 1.60. The van der Waals surface area contributed by atoms with Crippen LogP contribution >= 0.6 is 11.6 Å². The lowest BCUT2D eigenvalue weighted by molar-refractivity contribution is 0.630. The maximum absolute atomic E-state index is 13.4. The lowest BCUT2D eigenvalue weighted by atomic mass is 10.2. The molecule has 2 rings (SSSR count). The average Bonchev–Trinajstić information content (AvgIpc) is 2.26. The molecule has 0 amide bonds. The zero-order valence-corrected chi connectivity index (χ0v) is 9.18. The monoisotopic (exact) mass is 238 g/mol. The van der Waals surface area contributed by atoms with E-state index in [2.05, 4.69) is 9.97 Å². The first-order valence-electron chi connectivity index (χ1n) is 4.61. The molecule has 1 aromatic heterocycles. The number of nitrogens with zero attached hydrogens (tertiary/aromatic N) is 1. The zero-order valence-electron chi connectivity index (χ0n) is 8.42. The van der Waals surface area contributed by atoms with Crippen LogP contribution in [-0.2, 0) is 0 Å². The molecule has 0 bridgehead atoms. The van der Waals surface area contributed by atoms with Crippen LogP contribution in [0, 0.1) is 12.7 Å². The minimum atomic E-state index is -0.465. The van der Waals surface area contributed by atoms with Gasteiger partial charge < -0.3 is 4.98 Å². The number of H-pyrrole nitrogens is 1. The van der Waals surface area contributed by atoms with Gasteiger partial charge in [0.05, 0.1) is 11.3 Å². The first-order chi connectivity index (χ1) is 7.59. The Kier molecular flexibility index (Phi) is 2.75. The van der Waals surface area contributed by atoms with E-state index in [0.717, 1.165) is 0 Å². The first kappa shape index (κ1) is 10.8. The highest BCUT2D eigenvalue weighted by Crippen LogP contribution is 2.18. The first-order valence-corrected chi connectivity index (χ1v) is 4.98. The molecule has 0 spiro atoms. The molecule has 1 N–H and O–H groups in total. The average molecular weight is 239 g/mol. The fraction of sp³-hybridized carbons (Fsp3) is 0.0909. The highest BCUT2D eigenvalue weighted by Gasteiger charge is 2.10. The van der Waals surface area contributed by atoms with E-state index in [4.69, 9.17) is 11.6 Å². The van der Waals surface area contributed by atoms with E-state index in [1.807, 2.05) is 0 Å². The predicted octanol–water partition coefficient (Wildman–Crippen LogP) is 2.54. The van der Waals surface area contributed by atoms with Gasteiger partial charge >= 0.3 is 0 Å². The van der Waals surface area contributed by atoms with Crippen molar-refractivity contribution in [3.8, 4) is 11.4 Å². The molecule has 0 fully saturated rings. The van der Waals surface area contributed by atoms with Crippen molar-refractivity contribution in [2.75, 3.05) is 0 Å². The highest BCUT2D eigenvalue weighted by molar-refractivity contribution is 6.30. The largest absolute Gasteiger partial charge is 0.305 e. The molecule has 1 aromatic carbocycles. The van der Waals surface area contributed by atoms with Crippen LogP contribution in [-0.4, -0.2) is 9.97 Å². The summed E-state index contributed by atoms with van der Waals surface area (Å²) in [4.78, 5) is 17.9. The van der Waals surface area contributed by atoms with Crippen LogP contribution in [0.5, 0.6) is 0 Å². The minimum Gasteiger partial charge on any atom is -0.305 e. The van der Waals surface area contributed by atoms with E-state index >= 15 is 0 Å². The molecule has 1 heterocycles. The summed E-state index contributed by atoms with van der Waals surface area (Å²) in [7, 11) is 0. The van der Waals surface area contributed by atoms with E-state index in [1.165, 1.54) is 6.07 Å². The Morgan fingerprint density at radius 2 is 2.06 bits per heavy atom. The quantitative estimate of drug-likeness (QED) is 0.830. The van der Waals surface area contributed by atoms with E-state index in [0.29, 0.717) is 5.69 Å². The Bertz CT molecular complexity index is 595. The maximum atomic E-state index is 13.4. The van der Waals surface area contributed by atoms with Crippen molar-refractivity contribution < 1.29 is 4.39 Å². The van der Waals surface area contributed by atoms with Gasteiger partial charge in [-0.05, 0) is 19.1 Å². The fourth-order valence-corrected chi connectivity index (χ4v) is 1.44. The fourth-order valence-electron chi connectivity index (χ4n) is 1.35. The standard InChI is InChI=1S/C11H8ClFN2O/c1-6-9(12)11(16)15-10(14-6)7-4-2-3-5-8(7)13/h2-5H,1H3,(H,14,15,16). The normalized spacial score (nSPS) is 10.4. The zero-order chi connectivity index (χ0) is 11.7. The van der Waals surface area contributed by atoms with Crippen molar-refractivity contribution in [1.82, 2.24) is 9.97 Å². The van der Waals surface area contributed by atoms with Crippen LogP contribution in [0.4, 0.5) is 4.39 Å².